The Kier molecular flexibility index (Phi) is 7.25. The van der Waals surface area contributed by atoms with Crippen LogP contribution in [0.1, 0.15) is 49.9 Å². The lowest BCUT2D eigenvalue weighted by molar-refractivity contribution is 0.0924. The lowest BCUT2D eigenvalue weighted by atomic mass is 10.1. The van der Waals surface area contributed by atoms with Crippen molar-refractivity contribution in [3.05, 3.63) is 29.8 Å². The third-order valence-electron chi connectivity index (χ3n) is 4.37. The number of amides is 1. The van der Waals surface area contributed by atoms with Crippen LogP contribution in [0.15, 0.2) is 24.3 Å². The molecule has 2 rings (SSSR count). The number of carbonyl (C=O) groups excluding carboxylic acids is 1. The molecular weight excluding hydrogens is 340 g/mol. The zero-order valence-corrected chi connectivity index (χ0v) is 15.8. The monoisotopic (exact) mass is 368 g/mol. The highest BCUT2D eigenvalue weighted by molar-refractivity contribution is 7.89. The van der Waals surface area contributed by atoms with Gasteiger partial charge in [-0.1, -0.05) is 13.3 Å². The SMILES string of the molecule is CCCCS(=O)(=O)N1CCC(NC(=O)c2ccc(OCC)cc2)CC1. The van der Waals surface area contributed by atoms with Gasteiger partial charge in [0.15, 0.2) is 0 Å². The minimum atomic E-state index is -3.15. The number of piperidine rings is 1. The Morgan fingerprint density at radius 1 is 1.20 bits per heavy atom. The number of sulfonamides is 1. The molecule has 7 heteroatoms. The first-order chi connectivity index (χ1) is 12.0. The van der Waals surface area contributed by atoms with E-state index in [1.54, 1.807) is 28.6 Å². The summed E-state index contributed by atoms with van der Waals surface area (Å²) in [4.78, 5) is 12.3. The fourth-order valence-electron chi connectivity index (χ4n) is 2.87. The van der Waals surface area contributed by atoms with Gasteiger partial charge < -0.3 is 10.1 Å². The third-order valence-corrected chi connectivity index (χ3v) is 6.32. The average molecular weight is 368 g/mol. The van der Waals surface area contributed by atoms with Crippen molar-refractivity contribution in [3.8, 4) is 5.75 Å². The first-order valence-corrected chi connectivity index (χ1v) is 10.6. The minimum absolute atomic E-state index is 0.0108. The number of benzene rings is 1. The third kappa shape index (κ3) is 5.71. The lowest BCUT2D eigenvalue weighted by Gasteiger charge is -2.31. The molecule has 140 valence electrons. The molecule has 1 aliphatic heterocycles. The molecule has 0 saturated carbocycles. The van der Waals surface area contributed by atoms with Crippen LogP contribution in [0.25, 0.3) is 0 Å². The van der Waals surface area contributed by atoms with Crippen LogP contribution in [0.4, 0.5) is 0 Å². The number of unbranched alkanes of at least 4 members (excludes halogenated alkanes) is 1. The van der Waals surface area contributed by atoms with Gasteiger partial charge in [0.05, 0.1) is 12.4 Å². The Morgan fingerprint density at radius 3 is 2.40 bits per heavy atom. The van der Waals surface area contributed by atoms with Crippen molar-refractivity contribution in [2.45, 2.75) is 45.6 Å². The number of hydrogen-bond donors (Lipinski definition) is 1. The maximum absolute atomic E-state index is 12.3. The molecule has 0 unspecified atom stereocenters. The minimum Gasteiger partial charge on any atom is -0.494 e. The Labute approximate surface area is 150 Å². The molecule has 0 radical (unpaired) electrons. The van der Waals surface area contributed by atoms with E-state index in [-0.39, 0.29) is 17.7 Å². The van der Waals surface area contributed by atoms with Crippen molar-refractivity contribution < 1.29 is 17.9 Å². The summed E-state index contributed by atoms with van der Waals surface area (Å²) in [6.07, 6.45) is 2.85. The summed E-state index contributed by atoms with van der Waals surface area (Å²) in [7, 11) is -3.15. The molecule has 1 aromatic carbocycles. The van der Waals surface area contributed by atoms with Crippen LogP contribution in [0.2, 0.25) is 0 Å². The summed E-state index contributed by atoms with van der Waals surface area (Å²) in [5, 5.41) is 3.00. The highest BCUT2D eigenvalue weighted by Gasteiger charge is 2.28. The number of ether oxygens (including phenoxy) is 1. The zero-order chi connectivity index (χ0) is 18.3. The van der Waals surface area contributed by atoms with Crippen LogP contribution < -0.4 is 10.1 Å². The largest absolute Gasteiger partial charge is 0.494 e. The van der Waals surface area contributed by atoms with Crippen LogP contribution in [0, 0.1) is 0 Å². The number of hydrogen-bond acceptors (Lipinski definition) is 4. The summed E-state index contributed by atoms with van der Waals surface area (Å²) in [5.74, 6) is 0.826. The first kappa shape index (κ1) is 19.7. The zero-order valence-electron chi connectivity index (χ0n) is 15.0. The van der Waals surface area contributed by atoms with Crippen LogP contribution in [-0.4, -0.2) is 50.1 Å². The second kappa shape index (κ2) is 9.20. The van der Waals surface area contributed by atoms with E-state index in [0.717, 1.165) is 12.2 Å². The number of nitrogens with one attached hydrogen (secondary N) is 1. The molecule has 1 fully saturated rings. The topological polar surface area (TPSA) is 75.7 Å². The smallest absolute Gasteiger partial charge is 0.251 e. The van der Waals surface area contributed by atoms with Gasteiger partial charge in [-0.25, -0.2) is 12.7 Å². The van der Waals surface area contributed by atoms with Gasteiger partial charge in [0, 0.05) is 24.7 Å². The Hall–Kier alpha value is -1.60. The van der Waals surface area contributed by atoms with Crippen molar-refractivity contribution in [1.82, 2.24) is 9.62 Å². The predicted octanol–water partition coefficient (Wildman–Crippen LogP) is 2.41. The van der Waals surface area contributed by atoms with E-state index in [1.807, 2.05) is 13.8 Å². The van der Waals surface area contributed by atoms with Gasteiger partial charge in [0.1, 0.15) is 5.75 Å². The summed E-state index contributed by atoms with van der Waals surface area (Å²) < 4.78 is 31.3. The molecule has 1 saturated heterocycles. The van der Waals surface area contributed by atoms with E-state index in [2.05, 4.69) is 5.32 Å². The molecule has 0 spiro atoms. The molecule has 0 atom stereocenters. The maximum atomic E-state index is 12.3. The second-order valence-electron chi connectivity index (χ2n) is 6.27. The van der Waals surface area contributed by atoms with Crippen LogP contribution >= 0.6 is 0 Å². The van der Waals surface area contributed by atoms with Gasteiger partial charge in [-0.2, -0.15) is 0 Å². The van der Waals surface area contributed by atoms with Crippen molar-refractivity contribution >= 4 is 15.9 Å². The summed E-state index contributed by atoms with van der Waals surface area (Å²) in [5.41, 5.74) is 0.585. The molecule has 6 nitrogen and oxygen atoms in total. The average Bonchev–Trinajstić information content (AvgIpc) is 2.61. The van der Waals surface area contributed by atoms with Crippen molar-refractivity contribution in [3.63, 3.8) is 0 Å². The summed E-state index contributed by atoms with van der Waals surface area (Å²) in [6, 6.07) is 7.05. The number of carbonyl (C=O) groups is 1. The first-order valence-electron chi connectivity index (χ1n) is 8.97. The highest BCUT2D eigenvalue weighted by Crippen LogP contribution is 2.17. The second-order valence-corrected chi connectivity index (χ2v) is 8.36. The van der Waals surface area contributed by atoms with E-state index < -0.39 is 10.0 Å². The summed E-state index contributed by atoms with van der Waals surface area (Å²) >= 11 is 0. The van der Waals surface area contributed by atoms with Gasteiger partial charge in [0.2, 0.25) is 10.0 Å². The highest BCUT2D eigenvalue weighted by atomic mass is 32.2. The van der Waals surface area contributed by atoms with Gasteiger partial charge in [-0.15, -0.1) is 0 Å². The molecule has 1 amide bonds. The van der Waals surface area contributed by atoms with Crippen molar-refractivity contribution in [2.24, 2.45) is 0 Å². The van der Waals surface area contributed by atoms with Gasteiger partial charge in [-0.3, -0.25) is 4.79 Å². The Balaban J connectivity index is 1.84. The normalized spacial score (nSPS) is 16.6. The molecule has 0 aromatic heterocycles. The number of rotatable bonds is 8. The maximum Gasteiger partial charge on any atom is 0.251 e. The molecule has 1 aromatic rings. The molecular formula is C18H28N2O4S. The number of nitrogens with zero attached hydrogens (tertiary/aromatic N) is 1. The Morgan fingerprint density at radius 2 is 1.84 bits per heavy atom. The van der Waals surface area contributed by atoms with Gasteiger partial charge in [0.25, 0.3) is 5.91 Å². The quantitative estimate of drug-likeness (QED) is 0.764. The summed E-state index contributed by atoms with van der Waals surface area (Å²) in [6.45, 7) is 5.43. The van der Waals surface area contributed by atoms with Crippen molar-refractivity contribution in [1.29, 1.82) is 0 Å². The molecule has 0 bridgehead atoms. The lowest BCUT2D eigenvalue weighted by Crippen LogP contribution is -2.47. The fourth-order valence-corrected chi connectivity index (χ4v) is 4.55. The molecule has 1 heterocycles. The van der Waals surface area contributed by atoms with Gasteiger partial charge in [-0.05, 0) is 50.5 Å². The predicted molar refractivity (Wildman–Crippen MR) is 98.4 cm³/mol. The van der Waals surface area contributed by atoms with E-state index in [1.165, 1.54) is 0 Å². The van der Waals surface area contributed by atoms with Crippen LogP contribution in [0.5, 0.6) is 5.75 Å². The van der Waals surface area contributed by atoms with E-state index >= 15 is 0 Å². The van der Waals surface area contributed by atoms with E-state index in [9.17, 15) is 13.2 Å². The Bertz CT molecular complexity index is 650. The fraction of sp³-hybridized carbons (Fsp3) is 0.611. The van der Waals surface area contributed by atoms with Crippen LogP contribution in [0.3, 0.4) is 0 Å². The van der Waals surface area contributed by atoms with Crippen LogP contribution in [-0.2, 0) is 10.0 Å². The van der Waals surface area contributed by atoms with Gasteiger partial charge >= 0.3 is 0 Å². The molecule has 1 N–H and O–H groups in total. The molecule has 25 heavy (non-hydrogen) atoms. The molecule has 0 aliphatic carbocycles. The van der Waals surface area contributed by atoms with Crippen molar-refractivity contribution in [2.75, 3.05) is 25.4 Å². The van der Waals surface area contributed by atoms with E-state index in [4.69, 9.17) is 4.74 Å². The standard InChI is InChI=1S/C18H28N2O4S/c1-3-5-14-25(22,23)20-12-10-16(11-13-20)19-18(21)15-6-8-17(9-7-15)24-4-2/h6-9,16H,3-5,10-14H2,1-2H3,(H,19,21). The van der Waals surface area contributed by atoms with E-state index in [0.29, 0.717) is 44.5 Å². The molecule has 1 aliphatic rings.